The minimum atomic E-state index is 0.636. The topological polar surface area (TPSA) is 6.48 Å². The monoisotopic (exact) mass is 743 g/mol. The van der Waals surface area contributed by atoms with Crippen molar-refractivity contribution in [2.75, 3.05) is 13.1 Å². The second-order valence-corrected chi connectivity index (χ2v) is 17.8. The molecule has 0 bridgehead atoms. The zero-order chi connectivity index (χ0) is 38.0. The summed E-state index contributed by atoms with van der Waals surface area (Å²) in [6.45, 7) is 9.50. The Morgan fingerprint density at radius 1 is 0.245 bits per heavy atom. The molecule has 0 atom stereocenters. The van der Waals surface area contributed by atoms with Crippen molar-refractivity contribution in [3.05, 3.63) is 12.4 Å². The van der Waals surface area contributed by atoms with Gasteiger partial charge >= 0.3 is 0 Å². The first-order valence-electron chi connectivity index (χ1n) is 25.5. The summed E-state index contributed by atoms with van der Waals surface area (Å²) in [5, 5.41) is 0. The van der Waals surface area contributed by atoms with Gasteiger partial charge in [0.15, 0.2) is 0 Å². The fourth-order valence-electron chi connectivity index (χ4n) is 8.84. The van der Waals surface area contributed by atoms with Crippen LogP contribution in [-0.2, 0) is 0 Å². The normalized spacial score (nSPS) is 13.3. The second-order valence-electron chi connectivity index (χ2n) is 17.8. The molecule has 1 aliphatic heterocycles. The summed E-state index contributed by atoms with van der Waals surface area (Å²) in [6.07, 6.45) is 67.9. The van der Waals surface area contributed by atoms with E-state index in [4.69, 9.17) is 0 Å². The fourth-order valence-corrected chi connectivity index (χ4v) is 8.84. The molecule has 0 fully saturated rings. The quantitative estimate of drug-likeness (QED) is 0.0573. The summed E-state index contributed by atoms with van der Waals surface area (Å²) in [6, 6.07) is 0. The van der Waals surface area contributed by atoms with Crippen LogP contribution in [0.15, 0.2) is 12.4 Å². The first-order valence-corrected chi connectivity index (χ1v) is 25.5. The van der Waals surface area contributed by atoms with E-state index < -0.39 is 0 Å². The molecule has 53 heavy (non-hydrogen) atoms. The van der Waals surface area contributed by atoms with Crippen molar-refractivity contribution in [3.63, 3.8) is 0 Å². The van der Waals surface area contributed by atoms with E-state index in [1.54, 1.807) is 0 Å². The van der Waals surface area contributed by atoms with Crippen molar-refractivity contribution >= 4 is 0 Å². The van der Waals surface area contributed by atoms with Gasteiger partial charge in [-0.05, 0) is 25.7 Å². The van der Waals surface area contributed by atoms with Gasteiger partial charge < -0.3 is 9.80 Å². The van der Waals surface area contributed by atoms with E-state index in [0.717, 1.165) is 0 Å². The first-order chi connectivity index (χ1) is 26.3. The Hall–Kier alpha value is -0.660. The first kappa shape index (κ1) is 50.4. The van der Waals surface area contributed by atoms with Crippen molar-refractivity contribution in [1.82, 2.24) is 9.80 Å². The molecule has 1 heterocycles. The van der Waals surface area contributed by atoms with Crippen LogP contribution in [0.3, 0.4) is 0 Å². The largest absolute Gasteiger partial charge is 0.356 e. The lowest BCUT2D eigenvalue weighted by Crippen LogP contribution is -2.39. The van der Waals surface area contributed by atoms with E-state index in [1.165, 1.54) is 289 Å². The SMILES string of the molecule is CCCCCCCCCCCCCCCCCCN1C=CN(CCCCCCCCCCCCCCCCCC)C1CCCCCCCCCCCC. The van der Waals surface area contributed by atoms with E-state index in [2.05, 4.69) is 43.0 Å². The molecule has 316 valence electrons. The second kappa shape index (κ2) is 42.5. The molecule has 0 aromatic carbocycles. The van der Waals surface area contributed by atoms with Crippen molar-refractivity contribution < 1.29 is 0 Å². The van der Waals surface area contributed by atoms with E-state index in [1.807, 2.05) is 0 Å². The Bertz CT molecular complexity index is 656. The molecule has 0 aliphatic carbocycles. The summed E-state index contributed by atoms with van der Waals surface area (Å²) < 4.78 is 0. The fraction of sp³-hybridized carbons (Fsp3) is 0.961. The van der Waals surface area contributed by atoms with Gasteiger partial charge in [0, 0.05) is 25.5 Å². The minimum Gasteiger partial charge on any atom is -0.356 e. The van der Waals surface area contributed by atoms with Crippen LogP contribution in [0, 0.1) is 0 Å². The van der Waals surface area contributed by atoms with Gasteiger partial charge in [-0.25, -0.2) is 0 Å². The number of hydrogen-bond donors (Lipinski definition) is 0. The maximum atomic E-state index is 2.74. The molecule has 2 heteroatoms. The van der Waals surface area contributed by atoms with E-state index in [0.29, 0.717) is 6.17 Å². The van der Waals surface area contributed by atoms with Crippen LogP contribution in [-0.4, -0.2) is 29.1 Å². The predicted molar refractivity (Wildman–Crippen MR) is 242 cm³/mol. The molecule has 0 N–H and O–H groups in total. The number of hydrogen-bond acceptors (Lipinski definition) is 2. The lowest BCUT2D eigenvalue weighted by molar-refractivity contribution is 0.135. The Morgan fingerprint density at radius 2 is 0.434 bits per heavy atom. The molecule has 2 nitrogen and oxygen atoms in total. The van der Waals surface area contributed by atoms with E-state index in [-0.39, 0.29) is 0 Å². The highest BCUT2D eigenvalue weighted by atomic mass is 15.4. The van der Waals surface area contributed by atoms with Crippen LogP contribution in [0.1, 0.15) is 297 Å². The van der Waals surface area contributed by atoms with Gasteiger partial charge in [0.05, 0.1) is 0 Å². The van der Waals surface area contributed by atoms with Gasteiger partial charge in [0.25, 0.3) is 0 Å². The molecule has 0 saturated heterocycles. The zero-order valence-corrected chi connectivity index (χ0v) is 37.4. The third-order valence-electron chi connectivity index (χ3n) is 12.6. The van der Waals surface area contributed by atoms with E-state index >= 15 is 0 Å². The van der Waals surface area contributed by atoms with Crippen LogP contribution in [0.2, 0.25) is 0 Å². The minimum absolute atomic E-state index is 0.636. The highest BCUT2D eigenvalue weighted by Crippen LogP contribution is 2.24. The highest BCUT2D eigenvalue weighted by molar-refractivity contribution is 4.97. The van der Waals surface area contributed by atoms with Crippen LogP contribution < -0.4 is 0 Å². The molecule has 0 saturated carbocycles. The summed E-state index contributed by atoms with van der Waals surface area (Å²) in [5.74, 6) is 0. The van der Waals surface area contributed by atoms with Gasteiger partial charge in [0.1, 0.15) is 6.17 Å². The molecule has 0 spiro atoms. The Labute approximate surface area is 337 Å². The summed E-state index contributed by atoms with van der Waals surface area (Å²) >= 11 is 0. The van der Waals surface area contributed by atoms with Crippen molar-refractivity contribution in [3.8, 4) is 0 Å². The van der Waals surface area contributed by atoms with Crippen LogP contribution in [0.5, 0.6) is 0 Å². The van der Waals surface area contributed by atoms with Gasteiger partial charge in [-0.2, -0.15) is 0 Å². The number of rotatable bonds is 45. The average molecular weight is 743 g/mol. The Kier molecular flexibility index (Phi) is 40.4. The van der Waals surface area contributed by atoms with E-state index in [9.17, 15) is 0 Å². The third-order valence-corrected chi connectivity index (χ3v) is 12.6. The van der Waals surface area contributed by atoms with Gasteiger partial charge in [-0.15, -0.1) is 0 Å². The van der Waals surface area contributed by atoms with Gasteiger partial charge in [0.2, 0.25) is 0 Å². The molecule has 1 rings (SSSR count). The zero-order valence-electron chi connectivity index (χ0n) is 37.4. The highest BCUT2D eigenvalue weighted by Gasteiger charge is 2.24. The van der Waals surface area contributed by atoms with Crippen LogP contribution in [0.4, 0.5) is 0 Å². The Morgan fingerprint density at radius 3 is 0.660 bits per heavy atom. The molecule has 0 amide bonds. The van der Waals surface area contributed by atoms with Gasteiger partial charge in [-0.1, -0.05) is 271 Å². The maximum absolute atomic E-state index is 2.74. The van der Waals surface area contributed by atoms with Crippen molar-refractivity contribution in [2.45, 2.75) is 303 Å². The number of unbranched alkanes of at least 4 members (excludes halogenated alkanes) is 39. The summed E-state index contributed by atoms with van der Waals surface area (Å²) in [5.41, 5.74) is 0. The molecule has 1 aliphatic rings. The number of nitrogens with zero attached hydrogens (tertiary/aromatic N) is 2. The molecular formula is C51H102N2. The molecule has 0 aromatic heterocycles. The summed E-state index contributed by atoms with van der Waals surface area (Å²) in [4.78, 5) is 5.48. The molecular weight excluding hydrogens is 641 g/mol. The van der Waals surface area contributed by atoms with Crippen molar-refractivity contribution in [2.24, 2.45) is 0 Å². The summed E-state index contributed by atoms with van der Waals surface area (Å²) in [7, 11) is 0. The van der Waals surface area contributed by atoms with Crippen LogP contribution in [0.25, 0.3) is 0 Å². The molecule has 0 radical (unpaired) electrons. The lowest BCUT2D eigenvalue weighted by Gasteiger charge is -2.33. The standard InChI is InChI=1S/C51H102N2/c1-4-7-10-13-16-19-22-24-26-28-30-32-35-38-41-44-47-52-49-50-53(51(52)46-43-40-37-34-21-18-15-12-9-6-3)48-45-42-39-36-33-31-29-27-25-23-20-17-14-11-8-5-2/h49-51H,4-48H2,1-3H3. The lowest BCUT2D eigenvalue weighted by atomic mass is 10.0. The van der Waals surface area contributed by atoms with Crippen molar-refractivity contribution in [1.29, 1.82) is 0 Å². The predicted octanol–water partition coefficient (Wildman–Crippen LogP) is 18.2. The Balaban J connectivity index is 2.16. The average Bonchev–Trinajstić information content (AvgIpc) is 3.55. The molecule has 0 aromatic rings. The maximum Gasteiger partial charge on any atom is 0.101 e. The van der Waals surface area contributed by atoms with Crippen LogP contribution >= 0.6 is 0 Å². The van der Waals surface area contributed by atoms with Gasteiger partial charge in [-0.3, -0.25) is 0 Å². The third kappa shape index (κ3) is 34.3. The molecule has 0 unspecified atom stereocenters. The smallest absolute Gasteiger partial charge is 0.101 e.